The highest BCUT2D eigenvalue weighted by Gasteiger charge is 2.09. The average molecular weight is 291 g/mol. The molecule has 0 fully saturated rings. The molecule has 0 aliphatic rings. The maximum absolute atomic E-state index is 5.78. The first kappa shape index (κ1) is 9.89. The standard InChI is InChI=1S/C8H5BrClN3S/c9-6-2-1-5(14-6)4-3-12-13-8(10)7(4)11/h1-3H,(H2,11,12). The largest absolute Gasteiger partial charge is 0.396 e. The Balaban J connectivity index is 2.57. The molecule has 3 nitrogen and oxygen atoms in total. The Morgan fingerprint density at radius 2 is 2.21 bits per heavy atom. The zero-order valence-corrected chi connectivity index (χ0v) is 10.0. The van der Waals surface area contributed by atoms with Crippen LogP contribution in [0.1, 0.15) is 0 Å². The Bertz CT molecular complexity index is 471. The Labute approximate surface area is 98.0 Å². The van der Waals surface area contributed by atoms with Gasteiger partial charge in [-0.2, -0.15) is 5.10 Å². The Kier molecular flexibility index (Phi) is 2.71. The molecule has 2 aromatic rings. The fourth-order valence-corrected chi connectivity index (χ4v) is 2.58. The van der Waals surface area contributed by atoms with Gasteiger partial charge < -0.3 is 5.73 Å². The van der Waals surface area contributed by atoms with Gasteiger partial charge in [-0.25, -0.2) is 0 Å². The number of thiophene rings is 1. The van der Waals surface area contributed by atoms with Crippen molar-refractivity contribution in [3.05, 3.63) is 27.3 Å². The maximum Gasteiger partial charge on any atom is 0.175 e. The molecule has 2 heterocycles. The first-order valence-electron chi connectivity index (χ1n) is 3.71. The second kappa shape index (κ2) is 3.84. The second-order valence-electron chi connectivity index (χ2n) is 2.57. The Morgan fingerprint density at radius 1 is 1.43 bits per heavy atom. The summed E-state index contributed by atoms with van der Waals surface area (Å²) in [6.45, 7) is 0. The number of rotatable bonds is 1. The van der Waals surface area contributed by atoms with E-state index in [-0.39, 0.29) is 5.15 Å². The fraction of sp³-hybridized carbons (Fsp3) is 0. The summed E-state index contributed by atoms with van der Waals surface area (Å²) < 4.78 is 1.04. The van der Waals surface area contributed by atoms with Gasteiger partial charge in [-0.1, -0.05) is 11.6 Å². The molecule has 2 N–H and O–H groups in total. The van der Waals surface area contributed by atoms with Crippen LogP contribution in [-0.4, -0.2) is 10.2 Å². The van der Waals surface area contributed by atoms with Gasteiger partial charge in [0, 0.05) is 10.4 Å². The Hall–Kier alpha value is -0.650. The van der Waals surface area contributed by atoms with Crippen molar-refractivity contribution in [2.75, 3.05) is 5.73 Å². The molecule has 2 aromatic heterocycles. The fourth-order valence-electron chi connectivity index (χ4n) is 1.03. The summed E-state index contributed by atoms with van der Waals surface area (Å²) in [4.78, 5) is 1.02. The number of aromatic nitrogens is 2. The zero-order valence-electron chi connectivity index (χ0n) is 6.87. The lowest BCUT2D eigenvalue weighted by atomic mass is 10.2. The minimum absolute atomic E-state index is 0.243. The Morgan fingerprint density at radius 3 is 2.86 bits per heavy atom. The van der Waals surface area contributed by atoms with Gasteiger partial charge in [-0.15, -0.1) is 16.4 Å². The third kappa shape index (κ3) is 1.75. The van der Waals surface area contributed by atoms with E-state index in [0.717, 1.165) is 14.2 Å². The van der Waals surface area contributed by atoms with E-state index in [1.807, 2.05) is 12.1 Å². The van der Waals surface area contributed by atoms with E-state index in [4.69, 9.17) is 17.3 Å². The molecule has 0 atom stereocenters. The van der Waals surface area contributed by atoms with E-state index in [2.05, 4.69) is 26.1 Å². The minimum atomic E-state index is 0.243. The van der Waals surface area contributed by atoms with Gasteiger partial charge in [-0.3, -0.25) is 0 Å². The van der Waals surface area contributed by atoms with E-state index < -0.39 is 0 Å². The summed E-state index contributed by atoms with van der Waals surface area (Å²) in [5, 5.41) is 7.66. The molecule has 0 aliphatic heterocycles. The SMILES string of the molecule is Nc1c(-c2ccc(Br)s2)cnnc1Cl. The number of hydrogen-bond donors (Lipinski definition) is 1. The molecule has 14 heavy (non-hydrogen) atoms. The van der Waals surface area contributed by atoms with Crippen molar-refractivity contribution < 1.29 is 0 Å². The van der Waals surface area contributed by atoms with Crippen molar-refractivity contribution in [1.82, 2.24) is 10.2 Å². The maximum atomic E-state index is 5.78. The van der Waals surface area contributed by atoms with E-state index in [0.29, 0.717) is 5.69 Å². The van der Waals surface area contributed by atoms with Crippen LogP contribution in [0.2, 0.25) is 5.15 Å². The van der Waals surface area contributed by atoms with E-state index in [1.165, 1.54) is 0 Å². The highest BCUT2D eigenvalue weighted by atomic mass is 79.9. The highest BCUT2D eigenvalue weighted by Crippen LogP contribution is 2.35. The van der Waals surface area contributed by atoms with Crippen LogP contribution in [0, 0.1) is 0 Å². The predicted octanol–water partition coefficient (Wildman–Crippen LogP) is 3.20. The van der Waals surface area contributed by atoms with Gasteiger partial charge in [0.25, 0.3) is 0 Å². The van der Waals surface area contributed by atoms with E-state index in [9.17, 15) is 0 Å². The van der Waals surface area contributed by atoms with Gasteiger partial charge in [0.2, 0.25) is 0 Å². The number of nitrogens with two attached hydrogens (primary N) is 1. The summed E-state index contributed by atoms with van der Waals surface area (Å²) in [5.41, 5.74) is 7.07. The number of halogens is 2. The monoisotopic (exact) mass is 289 g/mol. The molecule has 6 heteroatoms. The van der Waals surface area contributed by atoms with Crippen LogP contribution in [0.3, 0.4) is 0 Å². The number of nitrogen functional groups attached to an aromatic ring is 1. The van der Waals surface area contributed by atoms with Crippen molar-refractivity contribution in [2.45, 2.75) is 0 Å². The summed E-state index contributed by atoms with van der Waals surface area (Å²) in [6.07, 6.45) is 1.61. The molecule has 0 aliphatic carbocycles. The quantitative estimate of drug-likeness (QED) is 0.877. The van der Waals surface area contributed by atoms with Crippen LogP contribution in [-0.2, 0) is 0 Å². The van der Waals surface area contributed by atoms with Crippen LogP contribution in [0.25, 0.3) is 10.4 Å². The molecular formula is C8H5BrClN3S. The first-order chi connectivity index (χ1) is 6.68. The average Bonchev–Trinajstić information content (AvgIpc) is 2.57. The van der Waals surface area contributed by atoms with Crippen molar-refractivity contribution in [2.24, 2.45) is 0 Å². The highest BCUT2D eigenvalue weighted by molar-refractivity contribution is 9.11. The molecule has 0 amide bonds. The molecular weight excluding hydrogens is 286 g/mol. The molecule has 0 spiro atoms. The summed E-state index contributed by atoms with van der Waals surface area (Å²) in [7, 11) is 0. The lowest BCUT2D eigenvalue weighted by Gasteiger charge is -2.01. The van der Waals surface area contributed by atoms with Crippen molar-refractivity contribution >= 4 is 44.6 Å². The van der Waals surface area contributed by atoms with Gasteiger partial charge >= 0.3 is 0 Å². The molecule has 0 radical (unpaired) electrons. The molecule has 72 valence electrons. The van der Waals surface area contributed by atoms with Crippen LogP contribution in [0.5, 0.6) is 0 Å². The summed E-state index contributed by atoms with van der Waals surface area (Å²) in [6, 6.07) is 3.91. The van der Waals surface area contributed by atoms with Gasteiger partial charge in [0.05, 0.1) is 15.7 Å². The van der Waals surface area contributed by atoms with E-state index in [1.54, 1.807) is 17.5 Å². The van der Waals surface area contributed by atoms with Crippen LogP contribution >= 0.6 is 38.9 Å². The number of hydrogen-bond acceptors (Lipinski definition) is 4. The third-order valence-electron chi connectivity index (χ3n) is 1.68. The summed E-state index contributed by atoms with van der Waals surface area (Å²) >= 11 is 10.7. The van der Waals surface area contributed by atoms with Crippen molar-refractivity contribution in [3.8, 4) is 10.4 Å². The third-order valence-corrected chi connectivity index (χ3v) is 3.62. The lowest BCUT2D eigenvalue weighted by molar-refractivity contribution is 1.04. The molecule has 0 unspecified atom stereocenters. The smallest absolute Gasteiger partial charge is 0.175 e. The van der Waals surface area contributed by atoms with E-state index >= 15 is 0 Å². The van der Waals surface area contributed by atoms with Gasteiger partial charge in [0.1, 0.15) is 0 Å². The van der Waals surface area contributed by atoms with Crippen LogP contribution in [0.15, 0.2) is 22.1 Å². The molecule has 2 rings (SSSR count). The molecule has 0 saturated carbocycles. The molecule has 0 aromatic carbocycles. The van der Waals surface area contributed by atoms with Crippen molar-refractivity contribution in [1.29, 1.82) is 0 Å². The van der Waals surface area contributed by atoms with Gasteiger partial charge in [-0.05, 0) is 28.1 Å². The predicted molar refractivity (Wildman–Crippen MR) is 62.5 cm³/mol. The van der Waals surface area contributed by atoms with Crippen molar-refractivity contribution in [3.63, 3.8) is 0 Å². The topological polar surface area (TPSA) is 51.8 Å². The number of nitrogens with zero attached hydrogens (tertiary/aromatic N) is 2. The second-order valence-corrected chi connectivity index (χ2v) is 5.39. The minimum Gasteiger partial charge on any atom is -0.396 e. The summed E-state index contributed by atoms with van der Waals surface area (Å²) in [5.74, 6) is 0. The molecule has 0 saturated heterocycles. The number of anilines is 1. The van der Waals surface area contributed by atoms with Gasteiger partial charge in [0.15, 0.2) is 5.15 Å². The lowest BCUT2D eigenvalue weighted by Crippen LogP contribution is -1.94. The van der Waals surface area contributed by atoms with Crippen LogP contribution in [0.4, 0.5) is 5.69 Å². The first-order valence-corrected chi connectivity index (χ1v) is 5.69. The normalized spacial score (nSPS) is 10.4. The van der Waals surface area contributed by atoms with Crippen LogP contribution < -0.4 is 5.73 Å². The molecule has 0 bridgehead atoms. The zero-order chi connectivity index (χ0) is 10.1.